The molecule has 1 unspecified atom stereocenters. The van der Waals surface area contributed by atoms with Crippen molar-refractivity contribution in [2.75, 3.05) is 18.1 Å². The van der Waals surface area contributed by atoms with Crippen molar-refractivity contribution in [1.82, 2.24) is 24.9 Å². The summed E-state index contributed by atoms with van der Waals surface area (Å²) in [4.78, 5) is 20.3. The summed E-state index contributed by atoms with van der Waals surface area (Å²) < 4.78 is 42.0. The molecule has 2 aromatic heterocycles. The van der Waals surface area contributed by atoms with Crippen LogP contribution in [0.2, 0.25) is 0 Å². The largest absolute Gasteiger partial charge is 0.340 e. The topological polar surface area (TPSA) is 116 Å². The minimum atomic E-state index is -1.12. The number of aromatic amines is 2. The molecule has 1 atom stereocenters. The Morgan fingerprint density at radius 1 is 1.26 bits per heavy atom. The van der Waals surface area contributed by atoms with Gasteiger partial charge in [0.15, 0.2) is 5.82 Å². The summed E-state index contributed by atoms with van der Waals surface area (Å²) in [5.41, 5.74) is 1.66. The first-order valence-corrected chi connectivity index (χ1v) is 11.3. The van der Waals surface area contributed by atoms with E-state index >= 15 is 0 Å². The van der Waals surface area contributed by atoms with Gasteiger partial charge in [-0.3, -0.25) is 9.89 Å². The molecule has 2 heterocycles. The second-order valence-corrected chi connectivity index (χ2v) is 8.61. The van der Waals surface area contributed by atoms with E-state index in [-0.39, 0.29) is 5.69 Å². The van der Waals surface area contributed by atoms with E-state index in [4.69, 9.17) is 0 Å². The van der Waals surface area contributed by atoms with Crippen LogP contribution in [0.15, 0.2) is 24.4 Å². The minimum Gasteiger partial charge on any atom is -0.340 e. The van der Waals surface area contributed by atoms with Crippen LogP contribution in [0.5, 0.6) is 0 Å². The number of hydrogen-bond donors (Lipinski definition) is 4. The summed E-state index contributed by atoms with van der Waals surface area (Å²) in [6.07, 6.45) is 4.20. The van der Waals surface area contributed by atoms with Crippen molar-refractivity contribution in [3.63, 3.8) is 0 Å². The molecule has 0 bridgehead atoms. The molecule has 166 valence electrons. The van der Waals surface area contributed by atoms with Crippen molar-refractivity contribution in [2.24, 2.45) is 5.92 Å². The standard InChI is InChI=1S/C20H24F2N6O2S/c1-11(2)9-15-14(7-8-24-31(3)30)25-19(26-15)18-16(10-23-28-18)27-20(29)17-12(21)5-4-6-13(17)22/h4-6,10-11,24H,7-9H2,1-3H3,(H,23,28)(H,25,26)(H,27,29). The number of imidazole rings is 1. The maximum absolute atomic E-state index is 13.9. The molecule has 0 aliphatic heterocycles. The molecule has 0 spiro atoms. The number of H-pyrrole nitrogens is 2. The van der Waals surface area contributed by atoms with Gasteiger partial charge in [-0.15, -0.1) is 0 Å². The quantitative estimate of drug-likeness (QED) is 0.401. The molecule has 11 heteroatoms. The lowest BCUT2D eigenvalue weighted by Crippen LogP contribution is -2.19. The van der Waals surface area contributed by atoms with Gasteiger partial charge in [-0.2, -0.15) is 5.10 Å². The van der Waals surface area contributed by atoms with Crippen molar-refractivity contribution >= 4 is 22.6 Å². The first-order valence-electron chi connectivity index (χ1n) is 9.70. The van der Waals surface area contributed by atoms with E-state index in [2.05, 4.69) is 44.1 Å². The van der Waals surface area contributed by atoms with Gasteiger partial charge in [0.25, 0.3) is 5.91 Å². The summed E-state index contributed by atoms with van der Waals surface area (Å²) in [5.74, 6) is -2.04. The molecule has 0 fully saturated rings. The number of amides is 1. The van der Waals surface area contributed by atoms with Crippen LogP contribution >= 0.6 is 0 Å². The number of carbonyl (C=O) groups is 1. The number of hydrogen-bond acceptors (Lipinski definition) is 4. The average molecular weight is 451 g/mol. The third-order valence-electron chi connectivity index (χ3n) is 4.46. The fourth-order valence-corrected chi connectivity index (χ4v) is 3.51. The van der Waals surface area contributed by atoms with Gasteiger partial charge in [-0.05, 0) is 24.5 Å². The molecular weight excluding hydrogens is 426 g/mol. The fraction of sp³-hybridized carbons (Fsp3) is 0.350. The zero-order valence-corrected chi connectivity index (χ0v) is 18.2. The number of rotatable bonds is 9. The van der Waals surface area contributed by atoms with Gasteiger partial charge in [0.1, 0.15) is 22.9 Å². The highest BCUT2D eigenvalue weighted by Gasteiger charge is 2.21. The number of anilines is 1. The van der Waals surface area contributed by atoms with Crippen LogP contribution in [0, 0.1) is 17.6 Å². The number of aromatic nitrogens is 4. The summed E-state index contributed by atoms with van der Waals surface area (Å²) in [7, 11) is -1.12. The van der Waals surface area contributed by atoms with Crippen molar-refractivity contribution in [3.8, 4) is 11.5 Å². The van der Waals surface area contributed by atoms with Crippen LogP contribution in [0.3, 0.4) is 0 Å². The smallest absolute Gasteiger partial charge is 0.261 e. The Kier molecular flexibility index (Phi) is 7.29. The highest BCUT2D eigenvalue weighted by atomic mass is 32.2. The normalized spacial score (nSPS) is 12.3. The van der Waals surface area contributed by atoms with Crippen molar-refractivity contribution in [3.05, 3.63) is 53.0 Å². The third-order valence-corrected chi connectivity index (χ3v) is 5.07. The van der Waals surface area contributed by atoms with E-state index < -0.39 is 34.1 Å². The number of nitrogens with one attached hydrogen (secondary N) is 4. The molecule has 0 aliphatic carbocycles. The Morgan fingerprint density at radius 2 is 1.97 bits per heavy atom. The van der Waals surface area contributed by atoms with Gasteiger partial charge in [-0.25, -0.2) is 22.7 Å². The molecule has 3 rings (SSSR count). The molecule has 0 saturated carbocycles. The number of halogens is 2. The van der Waals surface area contributed by atoms with Crippen molar-refractivity contribution in [1.29, 1.82) is 0 Å². The Labute approximate surface area is 180 Å². The Hall–Kier alpha value is -2.92. The monoisotopic (exact) mass is 450 g/mol. The van der Waals surface area contributed by atoms with Crippen LogP contribution < -0.4 is 10.0 Å². The third kappa shape index (κ3) is 5.61. The van der Waals surface area contributed by atoms with Gasteiger partial charge in [-0.1, -0.05) is 19.9 Å². The van der Waals surface area contributed by atoms with Crippen LogP contribution in [0.25, 0.3) is 11.5 Å². The van der Waals surface area contributed by atoms with Crippen molar-refractivity contribution < 1.29 is 17.8 Å². The molecular formula is C20H24F2N6O2S. The van der Waals surface area contributed by atoms with Crippen LogP contribution in [-0.4, -0.2) is 43.1 Å². The molecule has 0 radical (unpaired) electrons. The SMILES string of the molecule is CC(C)Cc1[nH]c(-c2[nH]ncc2NC(=O)c2c(F)cccc2F)nc1CCNS(C)=O. The van der Waals surface area contributed by atoms with Crippen molar-refractivity contribution in [2.45, 2.75) is 26.7 Å². The number of carbonyl (C=O) groups excluding carboxylic acids is 1. The maximum Gasteiger partial charge on any atom is 0.261 e. The number of benzene rings is 1. The van der Waals surface area contributed by atoms with Crippen LogP contribution in [-0.2, 0) is 23.8 Å². The van der Waals surface area contributed by atoms with E-state index in [1.807, 2.05) is 0 Å². The average Bonchev–Trinajstić information content (AvgIpc) is 3.28. The van der Waals surface area contributed by atoms with Crippen LogP contribution in [0.1, 0.15) is 35.6 Å². The first-order chi connectivity index (χ1) is 14.8. The second kappa shape index (κ2) is 9.92. The lowest BCUT2D eigenvalue weighted by molar-refractivity contribution is 0.101. The van der Waals surface area contributed by atoms with Gasteiger partial charge < -0.3 is 10.3 Å². The van der Waals surface area contributed by atoms with Crippen LogP contribution in [0.4, 0.5) is 14.5 Å². The molecule has 0 saturated heterocycles. The second-order valence-electron chi connectivity index (χ2n) is 7.42. The lowest BCUT2D eigenvalue weighted by atomic mass is 10.1. The predicted molar refractivity (Wildman–Crippen MR) is 115 cm³/mol. The van der Waals surface area contributed by atoms with E-state index in [1.165, 1.54) is 12.3 Å². The molecule has 1 aromatic carbocycles. The Morgan fingerprint density at radius 3 is 2.61 bits per heavy atom. The first kappa shape index (κ1) is 22.8. The Balaban J connectivity index is 1.87. The van der Waals surface area contributed by atoms with Gasteiger partial charge in [0.2, 0.25) is 0 Å². The highest BCUT2D eigenvalue weighted by molar-refractivity contribution is 7.82. The molecule has 8 nitrogen and oxygen atoms in total. The number of nitrogens with zero attached hydrogens (tertiary/aromatic N) is 2. The molecule has 1 amide bonds. The zero-order chi connectivity index (χ0) is 22.5. The van der Waals surface area contributed by atoms with E-state index in [0.29, 0.717) is 30.4 Å². The Bertz CT molecular complexity index is 1080. The van der Waals surface area contributed by atoms with E-state index in [1.54, 1.807) is 6.26 Å². The maximum atomic E-state index is 13.9. The summed E-state index contributed by atoms with van der Waals surface area (Å²) in [6, 6.07) is 3.22. The summed E-state index contributed by atoms with van der Waals surface area (Å²) >= 11 is 0. The summed E-state index contributed by atoms with van der Waals surface area (Å²) in [5, 5.41) is 9.19. The highest BCUT2D eigenvalue weighted by Crippen LogP contribution is 2.26. The lowest BCUT2D eigenvalue weighted by Gasteiger charge is -2.06. The van der Waals surface area contributed by atoms with E-state index in [9.17, 15) is 17.8 Å². The predicted octanol–water partition coefficient (Wildman–Crippen LogP) is 2.95. The van der Waals surface area contributed by atoms with Gasteiger partial charge in [0.05, 0.1) is 28.6 Å². The molecule has 0 aliphatic rings. The van der Waals surface area contributed by atoms with E-state index in [0.717, 1.165) is 29.9 Å². The minimum absolute atomic E-state index is 0.233. The zero-order valence-electron chi connectivity index (χ0n) is 17.4. The molecule has 31 heavy (non-hydrogen) atoms. The van der Waals surface area contributed by atoms with Gasteiger partial charge in [0, 0.05) is 24.9 Å². The summed E-state index contributed by atoms with van der Waals surface area (Å²) in [6.45, 7) is 4.64. The fourth-order valence-electron chi connectivity index (χ4n) is 3.12. The molecule has 4 N–H and O–H groups in total. The molecule has 3 aromatic rings. The van der Waals surface area contributed by atoms with Gasteiger partial charge >= 0.3 is 0 Å².